The molecule has 4 rings (SSSR count). The van der Waals surface area contributed by atoms with E-state index in [4.69, 9.17) is 9.47 Å². The molecule has 0 aliphatic rings. The van der Waals surface area contributed by atoms with E-state index in [1.54, 1.807) is 32.8 Å². The van der Waals surface area contributed by atoms with Crippen LogP contribution in [0.2, 0.25) is 0 Å². The van der Waals surface area contributed by atoms with Crippen LogP contribution in [0.3, 0.4) is 0 Å². The summed E-state index contributed by atoms with van der Waals surface area (Å²) >= 11 is 1.32. The highest BCUT2D eigenvalue weighted by Gasteiger charge is 2.23. The number of amides is 1. The topological polar surface area (TPSA) is 96.1 Å². The molecule has 0 spiro atoms. The minimum Gasteiger partial charge on any atom is -0.497 e. The van der Waals surface area contributed by atoms with Gasteiger partial charge in [-0.25, -0.2) is 4.98 Å². The van der Waals surface area contributed by atoms with Gasteiger partial charge in [-0.15, -0.1) is 10.2 Å². The van der Waals surface area contributed by atoms with Crippen LogP contribution in [0, 0.1) is 13.8 Å². The third-order valence-electron chi connectivity index (χ3n) is 5.75. The number of nitrogens with zero attached hydrogens (tertiary/aromatic N) is 5. The Morgan fingerprint density at radius 3 is 2.46 bits per heavy atom. The molecule has 1 N–H and O–H groups in total. The molecule has 1 amide bonds. The van der Waals surface area contributed by atoms with Crippen LogP contribution in [0.1, 0.15) is 28.6 Å². The molecule has 0 aliphatic carbocycles. The Bertz CT molecular complexity index is 1310. The predicted octanol–water partition coefficient (Wildman–Crippen LogP) is 3.63. The maximum Gasteiger partial charge on any atom is 0.231 e. The number of carbonyl (C=O) groups excluding carboxylic acids is 1. The minimum atomic E-state index is -0.496. The van der Waals surface area contributed by atoms with Gasteiger partial charge in [0.25, 0.3) is 0 Å². The maximum atomic E-state index is 13.1. The van der Waals surface area contributed by atoms with Crippen LogP contribution < -0.4 is 14.8 Å². The second-order valence-electron chi connectivity index (χ2n) is 8.08. The third-order valence-corrected chi connectivity index (χ3v) is 6.69. The number of imidazole rings is 1. The molecular formula is C25H28N6O3S. The Morgan fingerprint density at radius 1 is 1.09 bits per heavy atom. The summed E-state index contributed by atoms with van der Waals surface area (Å²) in [7, 11) is 5.07. The van der Waals surface area contributed by atoms with Crippen LogP contribution in [0.4, 0.5) is 0 Å². The summed E-state index contributed by atoms with van der Waals surface area (Å²) in [6, 6.07) is 11.2. The molecule has 1 unspecified atom stereocenters. The summed E-state index contributed by atoms with van der Waals surface area (Å²) in [5.41, 5.74) is 4.14. The molecule has 0 aliphatic heterocycles. The van der Waals surface area contributed by atoms with Gasteiger partial charge in [0, 0.05) is 31.2 Å². The zero-order valence-electron chi connectivity index (χ0n) is 20.3. The van der Waals surface area contributed by atoms with Gasteiger partial charge in [-0.3, -0.25) is 9.36 Å². The van der Waals surface area contributed by atoms with Crippen molar-refractivity contribution >= 4 is 17.7 Å². The first kappa shape index (κ1) is 24.3. The molecule has 1 atom stereocenters. The van der Waals surface area contributed by atoms with Crippen molar-refractivity contribution in [1.29, 1.82) is 0 Å². The molecule has 182 valence electrons. The number of carbonyl (C=O) groups is 1. The van der Waals surface area contributed by atoms with Crippen molar-refractivity contribution < 1.29 is 14.3 Å². The lowest BCUT2D eigenvalue weighted by Gasteiger charge is -2.20. The SMILES string of the molecule is COc1cc(OC)cc(C(NC(=O)CSc2nncn2-c2ccc(C)c(C)c2)c2nccn2C)c1. The van der Waals surface area contributed by atoms with E-state index in [0.29, 0.717) is 22.5 Å². The monoisotopic (exact) mass is 492 g/mol. The van der Waals surface area contributed by atoms with Gasteiger partial charge in [0.15, 0.2) is 5.16 Å². The number of thioether (sulfide) groups is 1. The van der Waals surface area contributed by atoms with Crippen molar-refractivity contribution in [2.45, 2.75) is 25.0 Å². The number of hydrogen-bond acceptors (Lipinski definition) is 7. The lowest BCUT2D eigenvalue weighted by atomic mass is 10.0. The van der Waals surface area contributed by atoms with Crippen molar-refractivity contribution in [2.75, 3.05) is 20.0 Å². The summed E-state index contributed by atoms with van der Waals surface area (Å²) in [6.07, 6.45) is 5.20. The molecule has 0 saturated carbocycles. The van der Waals surface area contributed by atoms with Crippen LogP contribution in [-0.2, 0) is 11.8 Å². The van der Waals surface area contributed by atoms with Gasteiger partial charge in [0.2, 0.25) is 5.91 Å². The molecule has 10 heteroatoms. The number of methoxy groups -OCH3 is 2. The van der Waals surface area contributed by atoms with E-state index in [0.717, 1.165) is 11.3 Å². The summed E-state index contributed by atoms with van der Waals surface area (Å²) in [4.78, 5) is 17.6. The molecule has 4 aromatic rings. The zero-order chi connectivity index (χ0) is 24.9. The Kier molecular flexibility index (Phi) is 7.40. The van der Waals surface area contributed by atoms with E-state index in [1.807, 2.05) is 40.6 Å². The number of nitrogens with one attached hydrogen (secondary N) is 1. The van der Waals surface area contributed by atoms with Crippen molar-refractivity contribution in [3.63, 3.8) is 0 Å². The van der Waals surface area contributed by atoms with E-state index in [2.05, 4.69) is 46.5 Å². The minimum absolute atomic E-state index is 0.158. The van der Waals surface area contributed by atoms with Gasteiger partial charge >= 0.3 is 0 Å². The van der Waals surface area contributed by atoms with Crippen molar-refractivity contribution in [3.8, 4) is 17.2 Å². The molecule has 0 saturated heterocycles. The second kappa shape index (κ2) is 10.6. The van der Waals surface area contributed by atoms with Crippen molar-refractivity contribution in [2.24, 2.45) is 7.05 Å². The zero-order valence-corrected chi connectivity index (χ0v) is 21.2. The summed E-state index contributed by atoms with van der Waals surface area (Å²) in [5.74, 6) is 1.94. The molecule has 2 aromatic heterocycles. The lowest BCUT2D eigenvalue weighted by molar-refractivity contribution is -0.119. The van der Waals surface area contributed by atoms with Crippen LogP contribution in [0.5, 0.6) is 11.5 Å². The Hall–Kier alpha value is -3.79. The predicted molar refractivity (Wildman–Crippen MR) is 134 cm³/mol. The Morgan fingerprint density at radius 2 is 1.83 bits per heavy atom. The van der Waals surface area contributed by atoms with Crippen LogP contribution in [-0.4, -0.2) is 50.2 Å². The first-order valence-electron chi connectivity index (χ1n) is 11.0. The highest BCUT2D eigenvalue weighted by Crippen LogP contribution is 2.30. The van der Waals surface area contributed by atoms with Gasteiger partial charge in [-0.1, -0.05) is 17.8 Å². The summed E-state index contributed by atoms with van der Waals surface area (Å²) in [6.45, 7) is 4.13. The van der Waals surface area contributed by atoms with Gasteiger partial charge in [0.05, 0.1) is 20.0 Å². The van der Waals surface area contributed by atoms with E-state index in [9.17, 15) is 4.79 Å². The van der Waals surface area contributed by atoms with Crippen LogP contribution in [0.15, 0.2) is 60.3 Å². The van der Waals surface area contributed by atoms with Crippen molar-refractivity contribution in [1.82, 2.24) is 29.6 Å². The fourth-order valence-electron chi connectivity index (χ4n) is 3.66. The summed E-state index contributed by atoms with van der Waals surface area (Å²) < 4.78 is 14.6. The summed E-state index contributed by atoms with van der Waals surface area (Å²) in [5, 5.41) is 12.0. The van der Waals surface area contributed by atoms with Gasteiger partial charge < -0.3 is 19.4 Å². The molecule has 35 heavy (non-hydrogen) atoms. The molecular weight excluding hydrogens is 464 g/mol. The third kappa shape index (κ3) is 5.48. The van der Waals surface area contributed by atoms with E-state index in [-0.39, 0.29) is 11.7 Å². The first-order valence-corrected chi connectivity index (χ1v) is 12.0. The molecule has 0 bridgehead atoms. The smallest absolute Gasteiger partial charge is 0.231 e. The van der Waals surface area contributed by atoms with Crippen molar-refractivity contribution in [3.05, 3.63) is 77.6 Å². The molecule has 2 aromatic carbocycles. The quantitative estimate of drug-likeness (QED) is 0.357. The highest BCUT2D eigenvalue weighted by molar-refractivity contribution is 7.99. The molecule has 0 fully saturated rings. The number of ether oxygens (including phenoxy) is 2. The van der Waals surface area contributed by atoms with Gasteiger partial charge in [-0.05, 0) is 54.8 Å². The highest BCUT2D eigenvalue weighted by atomic mass is 32.2. The number of benzene rings is 2. The Labute approximate surface area is 208 Å². The van der Waals surface area contributed by atoms with Gasteiger partial charge in [-0.2, -0.15) is 0 Å². The average molecular weight is 493 g/mol. The number of hydrogen-bond donors (Lipinski definition) is 1. The van der Waals surface area contributed by atoms with E-state index < -0.39 is 6.04 Å². The fraction of sp³-hybridized carbons (Fsp3) is 0.280. The lowest BCUT2D eigenvalue weighted by Crippen LogP contribution is -2.32. The average Bonchev–Trinajstić information content (AvgIpc) is 3.51. The number of aryl methyl sites for hydroxylation is 3. The maximum absolute atomic E-state index is 13.1. The number of rotatable bonds is 9. The van der Waals surface area contributed by atoms with Gasteiger partial charge in [0.1, 0.15) is 29.7 Å². The normalized spacial score (nSPS) is 11.8. The van der Waals surface area contributed by atoms with Crippen LogP contribution in [0.25, 0.3) is 5.69 Å². The van der Waals surface area contributed by atoms with E-state index in [1.165, 1.54) is 22.9 Å². The molecule has 2 heterocycles. The standard InChI is InChI=1S/C25H28N6O3S/c1-16-6-7-19(10-17(16)2)31-15-27-29-25(31)35-14-22(32)28-23(24-26-8-9-30(24)3)18-11-20(33-4)13-21(12-18)34-5/h6-13,15,23H,14H2,1-5H3,(H,28,32). The fourth-order valence-corrected chi connectivity index (χ4v) is 4.40. The van der Waals surface area contributed by atoms with E-state index >= 15 is 0 Å². The first-order chi connectivity index (χ1) is 16.9. The molecule has 9 nitrogen and oxygen atoms in total. The number of aromatic nitrogens is 5. The van der Waals surface area contributed by atoms with Crippen LogP contribution >= 0.6 is 11.8 Å². The Balaban J connectivity index is 1.54. The second-order valence-corrected chi connectivity index (χ2v) is 9.03. The molecule has 0 radical (unpaired) electrons. The largest absolute Gasteiger partial charge is 0.497 e.